The second kappa shape index (κ2) is 10.8. The maximum Gasteiger partial charge on any atom is 1.00 e. The number of nitrogens with one attached hydrogen (secondary N) is 1. The van der Waals surface area contributed by atoms with Gasteiger partial charge in [-0.05, 0) is 63.8 Å². The fourth-order valence-electron chi connectivity index (χ4n) is 4.01. The van der Waals surface area contributed by atoms with E-state index in [4.69, 9.17) is 4.74 Å². The number of hydrogen-bond donors (Lipinski definition) is 1. The molecule has 1 N–H and O–H groups in total. The summed E-state index contributed by atoms with van der Waals surface area (Å²) >= 11 is 1.32. The summed E-state index contributed by atoms with van der Waals surface area (Å²) in [6.45, 7) is 0.445. The Balaban J connectivity index is 0.00000267. The number of aliphatic imine (C=N–C) groups is 1. The third-order valence-electron chi connectivity index (χ3n) is 5.76. The Morgan fingerprint density at radius 1 is 0.889 bits per heavy atom. The second-order valence-electron chi connectivity index (χ2n) is 8.18. The molecule has 0 bridgehead atoms. The minimum absolute atomic E-state index is 0. The molecule has 2 heterocycles. The first-order chi connectivity index (χ1) is 17.2. The number of thioether (sulfide) groups is 1. The standard InChI is InChI=1S/C29H20N3O2S.Na/c33-28-27(35-29(32-28)31-24-10-11-25-22(15-24)12-13-30-25)17-23-14-20-8-4-5-9-21(20)16-26(23)34-18-19-6-2-1-3-7-19;/h1-17H,18H2,(H,31,32,33);/q-1;+1. The molecular weight excluding hydrogens is 477 g/mol. The van der Waals surface area contributed by atoms with Gasteiger partial charge in [-0.3, -0.25) is 4.79 Å². The predicted molar refractivity (Wildman–Crippen MR) is 143 cm³/mol. The number of amidine groups is 1. The molecule has 5 aromatic rings. The monoisotopic (exact) mass is 497 g/mol. The molecule has 1 aliphatic heterocycles. The van der Waals surface area contributed by atoms with Gasteiger partial charge in [0.05, 0.1) is 10.6 Å². The van der Waals surface area contributed by atoms with Gasteiger partial charge < -0.3 is 15.0 Å². The number of carbonyl (C=O) groups is 1. The van der Waals surface area contributed by atoms with Gasteiger partial charge in [-0.2, -0.15) is 6.20 Å². The van der Waals surface area contributed by atoms with Crippen molar-refractivity contribution in [2.45, 2.75) is 6.61 Å². The van der Waals surface area contributed by atoms with Gasteiger partial charge >= 0.3 is 29.6 Å². The maximum atomic E-state index is 12.8. The molecule has 0 radical (unpaired) electrons. The van der Waals surface area contributed by atoms with E-state index in [1.165, 1.54) is 11.8 Å². The van der Waals surface area contributed by atoms with E-state index in [1.54, 1.807) is 6.20 Å². The van der Waals surface area contributed by atoms with Crippen molar-refractivity contribution in [2.24, 2.45) is 4.99 Å². The molecular formula is C29H20N3NaO2S. The molecule has 0 spiro atoms. The summed E-state index contributed by atoms with van der Waals surface area (Å²) in [7, 11) is 0. The Bertz CT molecular complexity index is 1630. The van der Waals surface area contributed by atoms with Crippen molar-refractivity contribution in [3.05, 3.63) is 113 Å². The number of hydrogen-bond acceptors (Lipinski definition) is 4. The third-order valence-corrected chi connectivity index (χ3v) is 6.67. The van der Waals surface area contributed by atoms with Gasteiger partial charge in [0.1, 0.15) is 12.4 Å². The van der Waals surface area contributed by atoms with Crippen molar-refractivity contribution in [2.75, 3.05) is 0 Å². The fraction of sp³-hybridized carbons (Fsp3) is 0.0345. The van der Waals surface area contributed by atoms with Crippen LogP contribution in [0.3, 0.4) is 0 Å². The molecule has 6 rings (SSSR count). The maximum absolute atomic E-state index is 12.8. The predicted octanol–water partition coefficient (Wildman–Crippen LogP) is 3.42. The Kier molecular flexibility index (Phi) is 7.30. The van der Waals surface area contributed by atoms with Crippen LogP contribution in [0.2, 0.25) is 0 Å². The van der Waals surface area contributed by atoms with Crippen LogP contribution in [0, 0.1) is 0 Å². The van der Waals surface area contributed by atoms with E-state index in [0.29, 0.717) is 16.7 Å². The van der Waals surface area contributed by atoms with Crippen molar-refractivity contribution >= 4 is 56.3 Å². The summed E-state index contributed by atoms with van der Waals surface area (Å²) in [6, 6.07) is 30.0. The van der Waals surface area contributed by atoms with E-state index in [2.05, 4.69) is 33.5 Å². The molecule has 36 heavy (non-hydrogen) atoms. The number of amides is 1. The Hall–Kier alpha value is -3.29. The fourth-order valence-corrected chi connectivity index (χ4v) is 4.84. The largest absolute Gasteiger partial charge is 1.00 e. The van der Waals surface area contributed by atoms with Crippen molar-refractivity contribution in [3.63, 3.8) is 0 Å². The summed E-state index contributed by atoms with van der Waals surface area (Å²) in [5.74, 6) is 0.556. The zero-order valence-electron chi connectivity index (χ0n) is 19.6. The summed E-state index contributed by atoms with van der Waals surface area (Å²) in [5.41, 5.74) is 3.63. The van der Waals surface area contributed by atoms with Gasteiger partial charge in [-0.1, -0.05) is 66.7 Å². The van der Waals surface area contributed by atoms with E-state index in [0.717, 1.165) is 44.2 Å². The van der Waals surface area contributed by atoms with E-state index < -0.39 is 0 Å². The zero-order chi connectivity index (χ0) is 23.6. The number of ether oxygens (including phenoxy) is 1. The normalized spacial score (nSPS) is 15.4. The van der Waals surface area contributed by atoms with E-state index in [-0.39, 0.29) is 35.5 Å². The number of benzene rings is 4. The first-order valence-corrected chi connectivity index (χ1v) is 12.0. The smallest absolute Gasteiger partial charge is 0.664 e. The molecule has 1 aliphatic rings. The molecule has 4 aromatic carbocycles. The van der Waals surface area contributed by atoms with Crippen LogP contribution in [-0.2, 0) is 11.4 Å². The van der Waals surface area contributed by atoms with Gasteiger partial charge in [0.25, 0.3) is 5.91 Å². The van der Waals surface area contributed by atoms with Crippen LogP contribution in [0.1, 0.15) is 11.1 Å². The van der Waals surface area contributed by atoms with Crippen LogP contribution in [0.4, 0.5) is 5.69 Å². The number of rotatable bonds is 5. The van der Waals surface area contributed by atoms with Crippen molar-refractivity contribution < 1.29 is 39.1 Å². The van der Waals surface area contributed by atoms with Crippen LogP contribution in [0.25, 0.3) is 27.8 Å². The number of aromatic nitrogens is 1. The molecule has 0 saturated carbocycles. The second-order valence-corrected chi connectivity index (χ2v) is 9.21. The third kappa shape index (κ3) is 5.27. The Morgan fingerprint density at radius 2 is 1.67 bits per heavy atom. The SMILES string of the molecule is O=C1NC(=Nc2ccc3[n-]ccc3c2)SC1=Cc1cc2ccccc2cc1OCc1ccccc1.[Na+]. The molecule has 0 atom stereocenters. The molecule has 1 fully saturated rings. The van der Waals surface area contributed by atoms with Crippen LogP contribution in [-0.4, -0.2) is 11.1 Å². The van der Waals surface area contributed by atoms with Crippen molar-refractivity contribution in [1.82, 2.24) is 10.3 Å². The molecule has 1 amide bonds. The average Bonchev–Trinajstić information content (AvgIpc) is 3.49. The number of nitrogens with zero attached hydrogens (tertiary/aromatic N) is 2. The topological polar surface area (TPSA) is 64.8 Å². The van der Waals surface area contributed by atoms with Crippen LogP contribution < -0.4 is 44.6 Å². The van der Waals surface area contributed by atoms with E-state index >= 15 is 0 Å². The molecule has 0 unspecified atom stereocenters. The van der Waals surface area contributed by atoms with Crippen LogP contribution in [0.5, 0.6) is 5.75 Å². The van der Waals surface area contributed by atoms with Crippen LogP contribution >= 0.6 is 11.8 Å². The van der Waals surface area contributed by atoms with E-state index in [1.807, 2.05) is 78.9 Å². The number of fused-ring (bicyclic) bond motifs is 2. The molecule has 7 heteroatoms. The molecule has 0 aliphatic carbocycles. The van der Waals surface area contributed by atoms with Crippen LogP contribution in [0.15, 0.2) is 107 Å². The van der Waals surface area contributed by atoms with Crippen molar-refractivity contribution in [1.29, 1.82) is 0 Å². The first kappa shape index (κ1) is 24.4. The van der Waals surface area contributed by atoms with Gasteiger partial charge in [-0.15, -0.1) is 5.52 Å². The Labute approximate surface area is 235 Å². The van der Waals surface area contributed by atoms with E-state index in [9.17, 15) is 4.79 Å². The first-order valence-electron chi connectivity index (χ1n) is 11.2. The molecule has 1 aromatic heterocycles. The molecule has 170 valence electrons. The van der Waals surface area contributed by atoms with Crippen molar-refractivity contribution in [3.8, 4) is 5.75 Å². The summed E-state index contributed by atoms with van der Waals surface area (Å²) < 4.78 is 6.21. The van der Waals surface area contributed by atoms with Gasteiger partial charge in [0.15, 0.2) is 5.17 Å². The van der Waals surface area contributed by atoms with Gasteiger partial charge in [-0.25, -0.2) is 4.99 Å². The quantitative estimate of drug-likeness (QED) is 0.299. The minimum Gasteiger partial charge on any atom is -0.664 e. The minimum atomic E-state index is -0.174. The van der Waals surface area contributed by atoms with Gasteiger partial charge in [0.2, 0.25) is 0 Å². The Morgan fingerprint density at radius 3 is 2.50 bits per heavy atom. The summed E-state index contributed by atoms with van der Waals surface area (Å²) in [4.78, 5) is 22.3. The molecule has 1 saturated heterocycles. The average molecular weight is 498 g/mol. The van der Waals surface area contributed by atoms with Gasteiger partial charge in [0, 0.05) is 5.56 Å². The summed E-state index contributed by atoms with van der Waals surface area (Å²) in [6.07, 6.45) is 3.65. The zero-order valence-corrected chi connectivity index (χ0v) is 22.5. The molecule has 5 nitrogen and oxygen atoms in total. The summed E-state index contributed by atoms with van der Waals surface area (Å²) in [5, 5.41) is 6.62. The number of carbonyl (C=O) groups excluding carboxylic acids is 1.